The quantitative estimate of drug-likeness (QED) is 0.429. The van der Waals surface area contributed by atoms with Crippen molar-refractivity contribution in [2.24, 2.45) is 0 Å². The number of thiocarbonyl (C=S) groups is 1. The monoisotopic (exact) mass is 416 g/mol. The van der Waals surface area contributed by atoms with Crippen LogP contribution in [0.4, 0.5) is 0 Å². The van der Waals surface area contributed by atoms with Crippen molar-refractivity contribution in [3.8, 4) is 11.5 Å². The van der Waals surface area contributed by atoms with Crippen LogP contribution in [-0.4, -0.2) is 23.5 Å². The van der Waals surface area contributed by atoms with Crippen LogP contribution in [0.25, 0.3) is 6.08 Å². The molecule has 1 saturated heterocycles. The van der Waals surface area contributed by atoms with Crippen molar-refractivity contribution >= 4 is 46.8 Å². The van der Waals surface area contributed by atoms with E-state index in [-0.39, 0.29) is 10.7 Å². The van der Waals surface area contributed by atoms with Crippen molar-refractivity contribution in [1.82, 2.24) is 10.6 Å². The Morgan fingerprint density at radius 2 is 1.79 bits per heavy atom. The minimum Gasteiger partial charge on any atom is -0.490 e. The van der Waals surface area contributed by atoms with Crippen LogP contribution in [0.3, 0.4) is 0 Å². The zero-order valence-electron chi connectivity index (χ0n) is 15.0. The SMILES string of the molecule is CCOc1cc(C=C2C(=O)NC(=S)NC2=O)ccc1OCc1cccc(Cl)c1. The van der Waals surface area contributed by atoms with Crippen LogP contribution < -0.4 is 20.1 Å². The first kappa shape index (κ1) is 19.9. The molecule has 3 rings (SSSR count). The third kappa shape index (κ3) is 4.88. The smallest absolute Gasteiger partial charge is 0.263 e. The number of ether oxygens (including phenoxy) is 2. The lowest BCUT2D eigenvalue weighted by Crippen LogP contribution is -2.51. The lowest BCUT2D eigenvalue weighted by atomic mass is 10.1. The summed E-state index contributed by atoms with van der Waals surface area (Å²) < 4.78 is 11.5. The van der Waals surface area contributed by atoms with Crippen molar-refractivity contribution in [3.05, 3.63) is 64.2 Å². The normalized spacial score (nSPS) is 13.6. The molecule has 6 nitrogen and oxygen atoms in total. The third-order valence-corrected chi connectivity index (χ3v) is 4.24. The van der Waals surface area contributed by atoms with Gasteiger partial charge >= 0.3 is 0 Å². The molecule has 8 heteroatoms. The molecule has 2 aromatic carbocycles. The van der Waals surface area contributed by atoms with Gasteiger partial charge in [-0.25, -0.2) is 0 Å². The van der Waals surface area contributed by atoms with E-state index in [0.717, 1.165) is 5.56 Å². The predicted molar refractivity (Wildman–Crippen MR) is 110 cm³/mol. The number of amides is 2. The van der Waals surface area contributed by atoms with Crippen LogP contribution >= 0.6 is 23.8 Å². The second-order valence-electron chi connectivity index (χ2n) is 5.85. The standard InChI is InChI=1S/C20H17ClN2O4S/c1-2-26-17-10-12(9-15-18(24)22-20(28)23-19(15)25)6-7-16(17)27-11-13-4-3-5-14(21)8-13/h3-10H,2,11H2,1H3,(H2,22,23,24,25,28). The van der Waals surface area contributed by atoms with E-state index >= 15 is 0 Å². The molecule has 1 fully saturated rings. The maximum atomic E-state index is 12.0. The lowest BCUT2D eigenvalue weighted by Gasteiger charge is -2.17. The van der Waals surface area contributed by atoms with Crippen molar-refractivity contribution in [2.45, 2.75) is 13.5 Å². The summed E-state index contributed by atoms with van der Waals surface area (Å²) in [6.45, 7) is 2.61. The first-order valence-corrected chi connectivity index (χ1v) is 9.27. The van der Waals surface area contributed by atoms with Gasteiger partial charge in [-0.15, -0.1) is 0 Å². The molecule has 2 N–H and O–H groups in total. The summed E-state index contributed by atoms with van der Waals surface area (Å²) in [6, 6.07) is 12.6. The molecule has 0 bridgehead atoms. The molecule has 0 aliphatic carbocycles. The molecule has 0 aromatic heterocycles. The number of carbonyl (C=O) groups excluding carboxylic acids is 2. The summed E-state index contributed by atoms with van der Waals surface area (Å²) in [5.74, 6) is -0.0466. The molecule has 28 heavy (non-hydrogen) atoms. The largest absolute Gasteiger partial charge is 0.490 e. The number of hydrogen-bond acceptors (Lipinski definition) is 5. The van der Waals surface area contributed by atoms with Gasteiger partial charge in [0, 0.05) is 5.02 Å². The molecular formula is C20H17ClN2O4S. The highest BCUT2D eigenvalue weighted by atomic mass is 35.5. The Morgan fingerprint density at radius 3 is 2.46 bits per heavy atom. The highest BCUT2D eigenvalue weighted by Gasteiger charge is 2.25. The average molecular weight is 417 g/mol. The second-order valence-corrected chi connectivity index (χ2v) is 6.70. The van der Waals surface area contributed by atoms with E-state index in [1.165, 1.54) is 6.08 Å². The fourth-order valence-corrected chi connectivity index (χ4v) is 2.96. The van der Waals surface area contributed by atoms with Crippen molar-refractivity contribution in [2.75, 3.05) is 6.61 Å². The van der Waals surface area contributed by atoms with Gasteiger partial charge in [0.05, 0.1) is 6.61 Å². The van der Waals surface area contributed by atoms with E-state index < -0.39 is 11.8 Å². The number of rotatable bonds is 6. The van der Waals surface area contributed by atoms with E-state index in [9.17, 15) is 9.59 Å². The summed E-state index contributed by atoms with van der Waals surface area (Å²) in [6.07, 6.45) is 1.47. The fourth-order valence-electron chi connectivity index (χ4n) is 2.56. The molecule has 0 saturated carbocycles. The molecule has 0 atom stereocenters. The van der Waals surface area contributed by atoms with E-state index in [0.29, 0.717) is 35.3 Å². The lowest BCUT2D eigenvalue weighted by molar-refractivity contribution is -0.123. The van der Waals surface area contributed by atoms with Crippen LogP contribution in [0.15, 0.2) is 48.0 Å². The van der Waals surface area contributed by atoms with Gasteiger partial charge in [-0.05, 0) is 60.6 Å². The maximum absolute atomic E-state index is 12.0. The summed E-state index contributed by atoms with van der Waals surface area (Å²) >= 11 is 10.8. The summed E-state index contributed by atoms with van der Waals surface area (Å²) in [5, 5.41) is 5.43. The number of benzene rings is 2. The summed E-state index contributed by atoms with van der Waals surface area (Å²) in [5.41, 5.74) is 1.50. The Labute approximate surface area is 172 Å². The predicted octanol–water partition coefficient (Wildman–Crippen LogP) is 3.23. The van der Waals surface area contributed by atoms with Crippen LogP contribution in [0.1, 0.15) is 18.1 Å². The van der Waals surface area contributed by atoms with Crippen molar-refractivity contribution in [1.29, 1.82) is 0 Å². The molecule has 2 amide bonds. The minimum atomic E-state index is -0.548. The molecule has 0 radical (unpaired) electrons. The van der Waals surface area contributed by atoms with E-state index in [1.54, 1.807) is 24.3 Å². The highest BCUT2D eigenvalue weighted by molar-refractivity contribution is 7.80. The first-order valence-electron chi connectivity index (χ1n) is 8.48. The zero-order valence-corrected chi connectivity index (χ0v) is 16.5. The van der Waals surface area contributed by atoms with Crippen LogP contribution in [-0.2, 0) is 16.2 Å². The number of nitrogens with one attached hydrogen (secondary N) is 2. The Balaban J connectivity index is 1.82. The van der Waals surface area contributed by atoms with Gasteiger partial charge in [0.1, 0.15) is 12.2 Å². The molecule has 144 valence electrons. The van der Waals surface area contributed by atoms with Gasteiger partial charge in [-0.1, -0.05) is 29.8 Å². The molecule has 0 unspecified atom stereocenters. The second kappa shape index (κ2) is 8.86. The first-order chi connectivity index (χ1) is 13.5. The minimum absolute atomic E-state index is 0.00748. The van der Waals surface area contributed by atoms with Crippen LogP contribution in [0, 0.1) is 0 Å². The highest BCUT2D eigenvalue weighted by Crippen LogP contribution is 2.30. The molecular weight excluding hydrogens is 400 g/mol. The third-order valence-electron chi connectivity index (χ3n) is 3.81. The number of halogens is 1. The van der Waals surface area contributed by atoms with Gasteiger partial charge in [0.25, 0.3) is 11.8 Å². The Bertz CT molecular complexity index is 952. The molecule has 1 aliphatic heterocycles. The summed E-state index contributed by atoms with van der Waals surface area (Å²) in [4.78, 5) is 24.0. The Hall–Kier alpha value is -2.90. The van der Waals surface area contributed by atoms with Gasteiger partial charge in [0.15, 0.2) is 16.6 Å². The Kier molecular flexibility index (Phi) is 6.28. The maximum Gasteiger partial charge on any atom is 0.263 e. The van der Waals surface area contributed by atoms with Crippen molar-refractivity contribution in [3.63, 3.8) is 0 Å². The van der Waals surface area contributed by atoms with Crippen molar-refractivity contribution < 1.29 is 19.1 Å². The van der Waals surface area contributed by atoms with Gasteiger partial charge in [-0.2, -0.15) is 0 Å². The van der Waals surface area contributed by atoms with Gasteiger partial charge in [0.2, 0.25) is 0 Å². The molecule has 1 heterocycles. The van der Waals surface area contributed by atoms with Gasteiger partial charge in [-0.3, -0.25) is 20.2 Å². The number of hydrogen-bond donors (Lipinski definition) is 2. The summed E-state index contributed by atoms with van der Waals surface area (Å²) in [7, 11) is 0. The molecule has 0 spiro atoms. The number of carbonyl (C=O) groups is 2. The van der Waals surface area contributed by atoms with Crippen LogP contribution in [0.5, 0.6) is 11.5 Å². The zero-order chi connectivity index (χ0) is 20.1. The van der Waals surface area contributed by atoms with Gasteiger partial charge < -0.3 is 9.47 Å². The van der Waals surface area contributed by atoms with E-state index in [2.05, 4.69) is 10.6 Å². The van der Waals surface area contributed by atoms with Crippen LogP contribution in [0.2, 0.25) is 5.02 Å². The fraction of sp³-hybridized carbons (Fsp3) is 0.150. The van der Waals surface area contributed by atoms with E-state index in [4.69, 9.17) is 33.3 Å². The Morgan fingerprint density at radius 1 is 1.04 bits per heavy atom. The molecule has 1 aliphatic rings. The molecule has 2 aromatic rings. The topological polar surface area (TPSA) is 76.7 Å². The average Bonchev–Trinajstić information content (AvgIpc) is 2.64. The van der Waals surface area contributed by atoms with E-state index in [1.807, 2.05) is 25.1 Å².